The molecule has 1 amide bonds. The van der Waals surface area contributed by atoms with Crippen LogP contribution in [0.4, 0.5) is 0 Å². The molecule has 0 radical (unpaired) electrons. The minimum atomic E-state index is -0.766. The number of nitrogens with zero attached hydrogens (tertiary/aromatic N) is 1. The summed E-state index contributed by atoms with van der Waals surface area (Å²) in [5.41, 5.74) is 2.10. The Balaban J connectivity index is 1.57. The Kier molecular flexibility index (Phi) is 9.38. The number of amides is 1. The van der Waals surface area contributed by atoms with Gasteiger partial charge in [0, 0.05) is 6.54 Å². The Bertz CT molecular complexity index is 817. The summed E-state index contributed by atoms with van der Waals surface area (Å²) in [6, 6.07) is 14.2. The molecule has 0 aromatic heterocycles. The van der Waals surface area contributed by atoms with Crippen molar-refractivity contribution < 1.29 is 19.7 Å². The van der Waals surface area contributed by atoms with Crippen molar-refractivity contribution in [3.8, 4) is 11.5 Å². The monoisotopic (exact) mass is 440 g/mol. The van der Waals surface area contributed by atoms with Crippen molar-refractivity contribution in [3.63, 3.8) is 0 Å². The molecule has 0 bridgehead atoms. The Hall–Kier alpha value is -2.57. The van der Waals surface area contributed by atoms with Crippen LogP contribution in [0.1, 0.15) is 56.3 Å². The van der Waals surface area contributed by atoms with Crippen molar-refractivity contribution in [3.05, 3.63) is 59.7 Å². The van der Waals surface area contributed by atoms with Crippen LogP contribution in [-0.4, -0.2) is 53.3 Å². The van der Waals surface area contributed by atoms with Gasteiger partial charge in [-0.1, -0.05) is 37.6 Å². The molecular weight excluding hydrogens is 404 g/mol. The third-order valence-electron chi connectivity index (χ3n) is 5.96. The van der Waals surface area contributed by atoms with E-state index in [9.17, 15) is 15.0 Å². The molecule has 0 unspecified atom stereocenters. The van der Waals surface area contributed by atoms with E-state index in [1.54, 1.807) is 24.3 Å². The van der Waals surface area contributed by atoms with Crippen LogP contribution in [-0.2, 0) is 11.2 Å². The Morgan fingerprint density at radius 1 is 1.09 bits per heavy atom. The zero-order valence-electron chi connectivity index (χ0n) is 19.0. The van der Waals surface area contributed by atoms with Crippen molar-refractivity contribution in [2.75, 3.05) is 26.2 Å². The van der Waals surface area contributed by atoms with E-state index in [4.69, 9.17) is 4.74 Å². The van der Waals surface area contributed by atoms with E-state index < -0.39 is 6.10 Å². The second kappa shape index (κ2) is 12.5. The van der Waals surface area contributed by atoms with Gasteiger partial charge in [-0.25, -0.2) is 0 Å². The lowest BCUT2D eigenvalue weighted by Gasteiger charge is -2.29. The number of aliphatic hydroxyl groups is 1. The number of aliphatic hydroxyl groups excluding tert-OH is 1. The highest BCUT2D eigenvalue weighted by Crippen LogP contribution is 2.21. The number of benzene rings is 2. The Morgan fingerprint density at radius 3 is 2.44 bits per heavy atom. The molecule has 3 rings (SSSR count). The van der Waals surface area contributed by atoms with Crippen LogP contribution < -0.4 is 10.1 Å². The van der Waals surface area contributed by atoms with Gasteiger partial charge < -0.3 is 25.2 Å². The zero-order valence-corrected chi connectivity index (χ0v) is 19.0. The van der Waals surface area contributed by atoms with Crippen LogP contribution in [0.5, 0.6) is 11.5 Å². The van der Waals surface area contributed by atoms with Crippen molar-refractivity contribution in [2.24, 2.45) is 0 Å². The molecule has 6 heteroatoms. The van der Waals surface area contributed by atoms with Gasteiger partial charge in [-0.3, -0.25) is 4.79 Å². The third kappa shape index (κ3) is 7.53. The average molecular weight is 441 g/mol. The van der Waals surface area contributed by atoms with Crippen molar-refractivity contribution in [1.29, 1.82) is 0 Å². The molecule has 0 saturated carbocycles. The summed E-state index contributed by atoms with van der Waals surface area (Å²) in [4.78, 5) is 14.9. The maximum absolute atomic E-state index is 12.6. The minimum Gasteiger partial charge on any atom is -0.508 e. The van der Waals surface area contributed by atoms with Crippen molar-refractivity contribution in [1.82, 2.24) is 10.2 Å². The zero-order chi connectivity index (χ0) is 22.8. The van der Waals surface area contributed by atoms with Gasteiger partial charge in [-0.2, -0.15) is 0 Å². The fraction of sp³-hybridized carbons (Fsp3) is 0.500. The van der Waals surface area contributed by atoms with Crippen LogP contribution in [0.25, 0.3) is 0 Å². The number of ether oxygens (including phenoxy) is 1. The molecule has 0 aliphatic carbocycles. The molecule has 1 saturated heterocycles. The molecule has 2 aromatic carbocycles. The summed E-state index contributed by atoms with van der Waals surface area (Å²) in [5, 5.41) is 23.5. The first-order valence-electron chi connectivity index (χ1n) is 11.8. The molecule has 174 valence electrons. The number of unbranched alkanes of at least 4 members (excludes halogenated alkanes) is 1. The number of carbonyl (C=O) groups excluding carboxylic acids is 1. The first kappa shape index (κ1) is 24.1. The molecule has 2 aromatic rings. The number of aryl methyl sites for hydroxylation is 1. The number of carbonyl (C=O) groups is 1. The summed E-state index contributed by atoms with van der Waals surface area (Å²) in [6.07, 6.45) is 5.10. The second-order valence-corrected chi connectivity index (χ2v) is 8.56. The molecule has 2 atom stereocenters. The van der Waals surface area contributed by atoms with Gasteiger partial charge in [-0.15, -0.1) is 0 Å². The molecule has 3 N–H and O–H groups in total. The van der Waals surface area contributed by atoms with E-state index in [0.29, 0.717) is 12.3 Å². The highest BCUT2D eigenvalue weighted by atomic mass is 16.5. The fourth-order valence-electron chi connectivity index (χ4n) is 4.05. The van der Waals surface area contributed by atoms with E-state index in [1.165, 1.54) is 5.56 Å². The maximum atomic E-state index is 12.6. The van der Waals surface area contributed by atoms with E-state index in [0.717, 1.165) is 50.8 Å². The maximum Gasteiger partial charge on any atom is 0.223 e. The van der Waals surface area contributed by atoms with E-state index in [2.05, 4.69) is 29.3 Å². The van der Waals surface area contributed by atoms with E-state index in [1.807, 2.05) is 12.1 Å². The largest absolute Gasteiger partial charge is 0.508 e. The number of hydrogen-bond acceptors (Lipinski definition) is 5. The average Bonchev–Trinajstić information content (AvgIpc) is 3.31. The summed E-state index contributed by atoms with van der Waals surface area (Å²) >= 11 is 0. The second-order valence-electron chi connectivity index (χ2n) is 8.56. The lowest BCUT2D eigenvalue weighted by Crippen LogP contribution is -2.47. The minimum absolute atomic E-state index is 0.147. The number of aromatic hydroxyl groups is 1. The van der Waals surface area contributed by atoms with Crippen LogP contribution >= 0.6 is 0 Å². The summed E-state index contributed by atoms with van der Waals surface area (Å²) in [5.74, 6) is 0.631. The summed E-state index contributed by atoms with van der Waals surface area (Å²) in [6.45, 7) is 5.04. The van der Waals surface area contributed by atoms with E-state index in [-0.39, 0.29) is 30.7 Å². The topological polar surface area (TPSA) is 82.0 Å². The standard InChI is InChI=1S/C26H36N2O4/c1-2-3-6-20-7-9-21(10-8-20)26(31)24(19-28-16-4-5-17-28)27-25(30)15-18-32-23-13-11-22(29)12-14-23/h7-14,24,26,29,31H,2-6,15-19H2,1H3,(H,27,30)/t24-,26-/m1/s1. The van der Waals surface area contributed by atoms with Gasteiger partial charge in [0.25, 0.3) is 0 Å². The molecule has 32 heavy (non-hydrogen) atoms. The van der Waals surface area contributed by atoms with Crippen LogP contribution in [0.15, 0.2) is 48.5 Å². The fourth-order valence-corrected chi connectivity index (χ4v) is 4.05. The number of rotatable bonds is 12. The molecule has 1 aliphatic rings. The normalized spacial score (nSPS) is 15.9. The van der Waals surface area contributed by atoms with E-state index >= 15 is 0 Å². The molecule has 0 spiro atoms. The molecular formula is C26H36N2O4. The lowest BCUT2D eigenvalue weighted by molar-refractivity contribution is -0.123. The van der Waals surface area contributed by atoms with Gasteiger partial charge in [0.15, 0.2) is 0 Å². The summed E-state index contributed by atoms with van der Waals surface area (Å²) in [7, 11) is 0. The quantitative estimate of drug-likeness (QED) is 0.467. The van der Waals surface area contributed by atoms with Crippen LogP contribution in [0.2, 0.25) is 0 Å². The SMILES string of the molecule is CCCCc1ccc([C@@H](O)[C@@H](CN2CCCC2)NC(=O)CCOc2ccc(O)cc2)cc1. The highest BCUT2D eigenvalue weighted by molar-refractivity contribution is 5.76. The number of phenols is 1. The number of likely N-dealkylation sites (tertiary alicyclic amines) is 1. The lowest BCUT2D eigenvalue weighted by atomic mass is 9.98. The van der Waals surface area contributed by atoms with Crippen molar-refractivity contribution in [2.45, 2.75) is 57.6 Å². The highest BCUT2D eigenvalue weighted by Gasteiger charge is 2.26. The number of nitrogens with one attached hydrogen (secondary N) is 1. The Labute approximate surface area is 191 Å². The predicted octanol–water partition coefficient (Wildman–Crippen LogP) is 3.82. The first-order chi connectivity index (χ1) is 15.5. The number of phenolic OH excluding ortho intramolecular Hbond substituents is 1. The van der Waals surface area contributed by atoms with Crippen LogP contribution in [0.3, 0.4) is 0 Å². The third-order valence-corrected chi connectivity index (χ3v) is 5.96. The number of hydrogen-bond donors (Lipinski definition) is 3. The van der Waals surface area contributed by atoms with Gasteiger partial charge >= 0.3 is 0 Å². The molecule has 1 fully saturated rings. The van der Waals surface area contributed by atoms with Crippen LogP contribution in [0, 0.1) is 0 Å². The molecule has 6 nitrogen and oxygen atoms in total. The van der Waals surface area contributed by atoms with Gasteiger partial charge in [0.05, 0.1) is 19.1 Å². The first-order valence-corrected chi connectivity index (χ1v) is 11.8. The van der Waals surface area contributed by atoms with Gasteiger partial charge in [0.1, 0.15) is 17.6 Å². The predicted molar refractivity (Wildman–Crippen MR) is 126 cm³/mol. The smallest absolute Gasteiger partial charge is 0.223 e. The Morgan fingerprint density at radius 2 is 1.78 bits per heavy atom. The molecule has 1 heterocycles. The van der Waals surface area contributed by atoms with Gasteiger partial charge in [0.2, 0.25) is 5.91 Å². The van der Waals surface area contributed by atoms with Gasteiger partial charge in [-0.05, 0) is 74.2 Å². The summed E-state index contributed by atoms with van der Waals surface area (Å²) < 4.78 is 5.59. The van der Waals surface area contributed by atoms with Crippen molar-refractivity contribution >= 4 is 5.91 Å². The molecule has 1 aliphatic heterocycles.